The highest BCUT2D eigenvalue weighted by Gasteiger charge is 2.59. The third kappa shape index (κ3) is 3.63. The van der Waals surface area contributed by atoms with E-state index < -0.39 is 34.2 Å². The highest BCUT2D eigenvalue weighted by atomic mass is 19.2. The second-order valence-corrected chi connectivity index (χ2v) is 12.9. The largest absolute Gasteiger partial charge is 0.241 e. The Bertz CT molecular complexity index is 1170. The van der Waals surface area contributed by atoms with Crippen molar-refractivity contribution in [3.8, 4) is 0 Å². The molecule has 4 fully saturated rings. The maximum Gasteiger partial charge on any atom is 0.199 e. The third-order valence-electron chi connectivity index (χ3n) is 11.6. The number of fused-ring (bicyclic) bond motifs is 6. The maximum absolute atomic E-state index is 14.2. The molecule has 4 aliphatic carbocycles. The van der Waals surface area contributed by atoms with E-state index in [1.807, 2.05) is 0 Å². The lowest BCUT2D eigenvalue weighted by molar-refractivity contribution is -0.111. The molecule has 0 aliphatic heterocycles. The van der Waals surface area contributed by atoms with Crippen molar-refractivity contribution in [3.05, 3.63) is 35.3 Å². The number of hydrogen-bond donors (Lipinski definition) is 0. The molecule has 196 valence electrons. The van der Waals surface area contributed by atoms with E-state index in [2.05, 4.69) is 23.8 Å². The Labute approximate surface area is 211 Å². The molecule has 6 heteroatoms. The minimum atomic E-state index is -1.82. The quantitative estimate of drug-likeness (QED) is 0.238. The fraction of sp³-hybridized carbons (Fsp3) is 0.733. The van der Waals surface area contributed by atoms with Crippen molar-refractivity contribution >= 4 is 10.9 Å². The smallest absolute Gasteiger partial charge is 0.199 e. The molecule has 36 heavy (non-hydrogen) atoms. The molecule has 4 saturated carbocycles. The Morgan fingerprint density at radius 3 is 2.42 bits per heavy atom. The molecular weight excluding hydrogens is 464 g/mol. The Kier molecular flexibility index (Phi) is 6.11. The third-order valence-corrected chi connectivity index (χ3v) is 11.6. The topological polar surface area (TPSA) is 25.8 Å². The van der Waals surface area contributed by atoms with Gasteiger partial charge in [0.05, 0.1) is 5.39 Å². The van der Waals surface area contributed by atoms with E-state index in [-0.39, 0.29) is 0 Å². The minimum absolute atomic E-state index is 0.360. The highest BCUT2D eigenvalue weighted by Crippen LogP contribution is 2.67. The van der Waals surface area contributed by atoms with Crippen LogP contribution >= 0.6 is 0 Å². The average molecular weight is 503 g/mol. The molecule has 1 aromatic carbocycles. The Morgan fingerprint density at radius 2 is 1.58 bits per heavy atom. The van der Waals surface area contributed by atoms with Crippen LogP contribution in [0.15, 0.2) is 6.20 Å². The zero-order valence-corrected chi connectivity index (χ0v) is 21.6. The second kappa shape index (κ2) is 8.94. The molecule has 2 nitrogen and oxygen atoms in total. The van der Waals surface area contributed by atoms with Gasteiger partial charge < -0.3 is 0 Å². The minimum Gasteiger partial charge on any atom is -0.241 e. The molecule has 0 radical (unpaired) electrons. The fourth-order valence-corrected chi connectivity index (χ4v) is 9.67. The summed E-state index contributed by atoms with van der Waals surface area (Å²) in [5.74, 6) is -1.94. The van der Waals surface area contributed by atoms with E-state index in [0.29, 0.717) is 29.0 Å². The van der Waals surface area contributed by atoms with E-state index in [0.717, 1.165) is 42.7 Å². The van der Waals surface area contributed by atoms with Gasteiger partial charge >= 0.3 is 0 Å². The van der Waals surface area contributed by atoms with Crippen molar-refractivity contribution in [1.82, 2.24) is 9.97 Å². The molecule has 0 spiro atoms. The summed E-state index contributed by atoms with van der Waals surface area (Å²) < 4.78 is 55.4. The predicted molar refractivity (Wildman–Crippen MR) is 132 cm³/mol. The normalized spacial score (nSPS) is 38.0. The van der Waals surface area contributed by atoms with Gasteiger partial charge in [0.1, 0.15) is 11.3 Å². The van der Waals surface area contributed by atoms with Gasteiger partial charge in [-0.1, -0.05) is 26.7 Å². The second-order valence-electron chi connectivity index (χ2n) is 12.9. The Balaban J connectivity index is 1.13. The van der Waals surface area contributed by atoms with Crippen LogP contribution in [0.1, 0.15) is 96.7 Å². The molecule has 4 aliphatic rings. The summed E-state index contributed by atoms with van der Waals surface area (Å²) in [7, 11) is 0. The average Bonchev–Trinajstić information content (AvgIpc) is 3.22. The van der Waals surface area contributed by atoms with E-state index in [4.69, 9.17) is 0 Å². The van der Waals surface area contributed by atoms with Crippen LogP contribution in [-0.2, 0) is 6.42 Å². The van der Waals surface area contributed by atoms with Crippen molar-refractivity contribution in [2.45, 2.75) is 97.3 Å². The van der Waals surface area contributed by atoms with Gasteiger partial charge in [-0.05, 0) is 105 Å². The number of benzene rings is 1. The fourth-order valence-electron chi connectivity index (χ4n) is 9.67. The first-order chi connectivity index (χ1) is 17.2. The highest BCUT2D eigenvalue weighted by molar-refractivity contribution is 5.79. The SMILES string of the molecule is CC12CCCCC1CCC1C2CCC2(C)C(CCCc3ncc4c(F)c(F)c(F)c(F)c4n3)CCC12. The lowest BCUT2D eigenvalue weighted by Crippen LogP contribution is -2.52. The van der Waals surface area contributed by atoms with Gasteiger partial charge in [-0.2, -0.15) is 0 Å². The van der Waals surface area contributed by atoms with Crippen LogP contribution in [0, 0.1) is 63.7 Å². The summed E-state index contributed by atoms with van der Waals surface area (Å²) in [5.41, 5.74) is 0.471. The van der Waals surface area contributed by atoms with Gasteiger partial charge in [-0.3, -0.25) is 0 Å². The first-order valence-electron chi connectivity index (χ1n) is 14.2. The van der Waals surface area contributed by atoms with Crippen molar-refractivity contribution in [1.29, 1.82) is 0 Å². The van der Waals surface area contributed by atoms with E-state index in [1.54, 1.807) is 0 Å². The molecule has 2 aromatic rings. The van der Waals surface area contributed by atoms with Crippen molar-refractivity contribution in [3.63, 3.8) is 0 Å². The summed E-state index contributed by atoms with van der Waals surface area (Å²) in [6.45, 7) is 5.17. The molecule has 0 amide bonds. The van der Waals surface area contributed by atoms with E-state index in [9.17, 15) is 17.6 Å². The van der Waals surface area contributed by atoms with Crippen molar-refractivity contribution in [2.24, 2.45) is 40.4 Å². The molecule has 1 aromatic heterocycles. The molecule has 6 rings (SSSR count). The molecule has 0 N–H and O–H groups in total. The summed E-state index contributed by atoms with van der Waals surface area (Å²) in [6.07, 6.45) is 17.4. The van der Waals surface area contributed by atoms with Gasteiger partial charge in [-0.15, -0.1) is 0 Å². The standard InChI is InChI=1S/C30H38F4N2/c1-29-14-4-3-6-17(29)9-11-19-21-12-10-18(30(21,2)15-13-22(19)29)7-5-8-23-35-16-20-24(31)25(32)26(33)27(34)28(20)36-23/h16-19,21-22H,3-15H2,1-2H3. The summed E-state index contributed by atoms with van der Waals surface area (Å²) in [5, 5.41) is -0.417. The number of aryl methyl sites for hydroxylation is 1. The zero-order chi connectivity index (χ0) is 25.2. The molecule has 1 heterocycles. The molecule has 0 saturated heterocycles. The van der Waals surface area contributed by atoms with Crippen LogP contribution < -0.4 is 0 Å². The molecule has 7 unspecified atom stereocenters. The summed E-state index contributed by atoms with van der Waals surface area (Å²) >= 11 is 0. The van der Waals surface area contributed by atoms with Crippen LogP contribution in [0.25, 0.3) is 10.9 Å². The van der Waals surface area contributed by atoms with Crippen LogP contribution in [0.2, 0.25) is 0 Å². The Morgan fingerprint density at radius 1 is 0.806 bits per heavy atom. The first kappa shape index (κ1) is 24.6. The number of nitrogens with zero attached hydrogens (tertiary/aromatic N) is 2. The lowest BCUT2D eigenvalue weighted by atomic mass is 9.45. The van der Waals surface area contributed by atoms with Crippen molar-refractivity contribution < 1.29 is 17.6 Å². The monoisotopic (exact) mass is 502 g/mol. The number of halogens is 4. The number of hydrogen-bond acceptors (Lipinski definition) is 2. The van der Waals surface area contributed by atoms with Gasteiger partial charge in [0.2, 0.25) is 0 Å². The maximum atomic E-state index is 14.2. The molecule has 7 atom stereocenters. The van der Waals surface area contributed by atoms with Gasteiger partial charge in [-0.25, -0.2) is 27.5 Å². The molecule has 0 bridgehead atoms. The summed E-state index contributed by atoms with van der Waals surface area (Å²) in [6, 6.07) is 0. The first-order valence-corrected chi connectivity index (χ1v) is 14.2. The summed E-state index contributed by atoms with van der Waals surface area (Å²) in [4.78, 5) is 8.20. The van der Waals surface area contributed by atoms with Gasteiger partial charge in [0, 0.05) is 12.6 Å². The predicted octanol–water partition coefficient (Wildman–Crippen LogP) is 8.56. The number of aromatic nitrogens is 2. The van der Waals surface area contributed by atoms with Crippen LogP contribution in [0.4, 0.5) is 17.6 Å². The van der Waals surface area contributed by atoms with Gasteiger partial charge in [0.25, 0.3) is 0 Å². The number of rotatable bonds is 4. The Hall–Kier alpha value is -1.72. The van der Waals surface area contributed by atoms with Crippen LogP contribution in [0.5, 0.6) is 0 Å². The lowest BCUT2D eigenvalue weighted by Gasteiger charge is -2.60. The van der Waals surface area contributed by atoms with Crippen LogP contribution in [0.3, 0.4) is 0 Å². The van der Waals surface area contributed by atoms with E-state index >= 15 is 0 Å². The molecular formula is C30H38F4N2. The zero-order valence-electron chi connectivity index (χ0n) is 21.6. The van der Waals surface area contributed by atoms with Gasteiger partial charge in [0.15, 0.2) is 23.3 Å². The van der Waals surface area contributed by atoms with Crippen molar-refractivity contribution in [2.75, 3.05) is 0 Å². The van der Waals surface area contributed by atoms with E-state index in [1.165, 1.54) is 64.2 Å². The van der Waals surface area contributed by atoms with Crippen LogP contribution in [-0.4, -0.2) is 9.97 Å².